The molecule has 10 nitrogen and oxygen atoms in total. The van der Waals surface area contributed by atoms with Crippen molar-refractivity contribution in [1.29, 1.82) is 0 Å². The Labute approximate surface area is 199 Å². The molecule has 0 radical (unpaired) electrons. The van der Waals surface area contributed by atoms with Gasteiger partial charge in [-0.2, -0.15) is 5.10 Å². The smallest absolute Gasteiger partial charge is 0.339 e. The van der Waals surface area contributed by atoms with Gasteiger partial charge in [-0.05, 0) is 55.7 Å². The van der Waals surface area contributed by atoms with Gasteiger partial charge in [-0.25, -0.2) is 14.5 Å². The summed E-state index contributed by atoms with van der Waals surface area (Å²) in [5.41, 5.74) is 2.12. The van der Waals surface area contributed by atoms with E-state index in [0.717, 1.165) is 18.4 Å². The van der Waals surface area contributed by atoms with Crippen LogP contribution in [-0.4, -0.2) is 45.6 Å². The lowest BCUT2D eigenvalue weighted by Crippen LogP contribution is -2.37. The molecule has 1 aliphatic heterocycles. The Balaban J connectivity index is 1.34. The molecule has 1 aromatic carbocycles. The molecule has 1 atom stereocenters. The van der Waals surface area contributed by atoms with E-state index in [1.165, 1.54) is 6.26 Å². The van der Waals surface area contributed by atoms with Crippen LogP contribution in [-0.2, 0) is 16.1 Å². The molecule has 6 rings (SSSR count). The van der Waals surface area contributed by atoms with E-state index in [0.29, 0.717) is 40.5 Å². The second-order valence-electron chi connectivity index (χ2n) is 8.59. The summed E-state index contributed by atoms with van der Waals surface area (Å²) < 4.78 is 23.6. The first-order valence-corrected chi connectivity index (χ1v) is 11.4. The van der Waals surface area contributed by atoms with Crippen molar-refractivity contribution in [2.24, 2.45) is 0 Å². The predicted molar refractivity (Wildman–Crippen MR) is 123 cm³/mol. The number of pyridine rings is 1. The maximum absolute atomic E-state index is 13.2. The molecule has 1 aliphatic carbocycles. The summed E-state index contributed by atoms with van der Waals surface area (Å²) in [5, 5.41) is 7.84. The quantitative estimate of drug-likeness (QED) is 0.406. The molecular weight excluding hydrogens is 452 g/mol. The number of rotatable bonds is 7. The van der Waals surface area contributed by atoms with E-state index in [1.807, 2.05) is 18.2 Å². The molecule has 1 fully saturated rings. The summed E-state index contributed by atoms with van der Waals surface area (Å²) in [4.78, 5) is 30.2. The van der Waals surface area contributed by atoms with Crippen LogP contribution in [0.1, 0.15) is 35.7 Å². The third-order valence-electron chi connectivity index (χ3n) is 5.95. The number of fused-ring (bicyclic) bond motifs is 2. The number of nitrogens with zero attached hydrogens (tertiary/aromatic N) is 3. The third kappa shape index (κ3) is 4.18. The highest BCUT2D eigenvalue weighted by atomic mass is 16.7. The Hall–Kier alpha value is -4.34. The molecule has 0 saturated heterocycles. The lowest BCUT2D eigenvalue weighted by molar-refractivity contribution is -0.129. The van der Waals surface area contributed by atoms with Crippen LogP contribution in [0.5, 0.6) is 11.5 Å². The summed E-state index contributed by atoms with van der Waals surface area (Å²) in [6, 6.07) is 10.9. The number of esters is 1. The first-order valence-electron chi connectivity index (χ1n) is 11.4. The van der Waals surface area contributed by atoms with Gasteiger partial charge in [-0.15, -0.1) is 0 Å². The summed E-state index contributed by atoms with van der Waals surface area (Å²) >= 11 is 0. The van der Waals surface area contributed by atoms with Crippen molar-refractivity contribution in [1.82, 2.24) is 20.1 Å². The van der Waals surface area contributed by atoms with Crippen LogP contribution in [0.4, 0.5) is 0 Å². The minimum Gasteiger partial charge on any atom is -0.463 e. The van der Waals surface area contributed by atoms with Gasteiger partial charge in [0.2, 0.25) is 6.79 Å². The van der Waals surface area contributed by atoms with E-state index in [2.05, 4.69) is 10.4 Å². The van der Waals surface area contributed by atoms with E-state index in [4.69, 9.17) is 23.6 Å². The van der Waals surface area contributed by atoms with Gasteiger partial charge in [0, 0.05) is 6.04 Å². The zero-order valence-electron chi connectivity index (χ0n) is 18.9. The van der Waals surface area contributed by atoms with Crippen molar-refractivity contribution in [3.8, 4) is 23.0 Å². The van der Waals surface area contributed by atoms with Crippen LogP contribution < -0.4 is 14.8 Å². The molecule has 3 aromatic heterocycles. The molecule has 10 heteroatoms. The highest BCUT2D eigenvalue weighted by molar-refractivity contribution is 6.04. The molecule has 0 unspecified atom stereocenters. The van der Waals surface area contributed by atoms with Crippen LogP contribution in [0.3, 0.4) is 0 Å². The van der Waals surface area contributed by atoms with Gasteiger partial charge in [-0.3, -0.25) is 4.79 Å². The molecule has 1 N–H and O–H groups in total. The molecule has 4 heterocycles. The Bertz CT molecular complexity index is 1420. The fourth-order valence-corrected chi connectivity index (χ4v) is 3.92. The Morgan fingerprint density at radius 3 is 2.86 bits per heavy atom. The van der Waals surface area contributed by atoms with Crippen molar-refractivity contribution in [2.75, 3.05) is 6.79 Å². The predicted octanol–water partition coefficient (Wildman–Crippen LogP) is 3.29. The van der Waals surface area contributed by atoms with E-state index in [-0.39, 0.29) is 24.3 Å². The number of carbonyl (C=O) groups excluding carboxylic acids is 2. The standard InChI is InChI=1S/C25H22N4O6/c1-14(24(30)27-16-5-6-16)35-25(31)17-10-19(20-3-2-8-32-20)28-23-18(17)11-26-29(23)12-15-4-7-21-22(9-15)34-13-33-21/h2-4,7-11,14,16H,5-6,12-13H2,1H3,(H,27,30)/t14-/m1/s1. The number of ether oxygens (including phenoxy) is 3. The van der Waals surface area contributed by atoms with Crippen molar-refractivity contribution < 1.29 is 28.2 Å². The number of hydrogen-bond acceptors (Lipinski definition) is 8. The fourth-order valence-electron chi connectivity index (χ4n) is 3.92. The van der Waals surface area contributed by atoms with Crippen molar-refractivity contribution in [2.45, 2.75) is 38.5 Å². The van der Waals surface area contributed by atoms with E-state index >= 15 is 0 Å². The zero-order valence-corrected chi connectivity index (χ0v) is 18.9. The van der Waals surface area contributed by atoms with E-state index in [9.17, 15) is 9.59 Å². The van der Waals surface area contributed by atoms with Crippen LogP contribution >= 0.6 is 0 Å². The molecule has 4 aromatic rings. The van der Waals surface area contributed by atoms with E-state index < -0.39 is 12.1 Å². The van der Waals surface area contributed by atoms with Gasteiger partial charge in [0.25, 0.3) is 5.91 Å². The van der Waals surface area contributed by atoms with Gasteiger partial charge in [0.05, 0.1) is 30.0 Å². The van der Waals surface area contributed by atoms with Gasteiger partial charge in [0.1, 0.15) is 5.69 Å². The first-order chi connectivity index (χ1) is 17.0. The lowest BCUT2D eigenvalue weighted by atomic mass is 10.1. The maximum atomic E-state index is 13.2. The summed E-state index contributed by atoms with van der Waals surface area (Å²) in [7, 11) is 0. The number of hydrogen-bond donors (Lipinski definition) is 1. The molecule has 1 amide bonds. The SMILES string of the molecule is C[C@@H](OC(=O)c1cc(-c2ccco2)nc2c1cnn2Cc1ccc2c(c1)OCO2)C(=O)NC1CC1. The molecule has 2 aliphatic rings. The first kappa shape index (κ1) is 21.2. The number of furan rings is 1. The van der Waals surface area contributed by atoms with Crippen LogP contribution in [0, 0.1) is 0 Å². The largest absolute Gasteiger partial charge is 0.463 e. The summed E-state index contributed by atoms with van der Waals surface area (Å²) in [6.07, 6.45) is 4.08. The molecule has 178 valence electrons. The summed E-state index contributed by atoms with van der Waals surface area (Å²) in [5.74, 6) is 0.923. The Morgan fingerprint density at radius 1 is 1.20 bits per heavy atom. The normalized spacial score (nSPS) is 15.2. The van der Waals surface area contributed by atoms with Crippen molar-refractivity contribution in [3.05, 3.63) is 60.0 Å². The number of aromatic nitrogens is 3. The molecule has 0 spiro atoms. The van der Waals surface area contributed by atoms with Crippen LogP contribution in [0.2, 0.25) is 0 Å². The van der Waals surface area contributed by atoms with Gasteiger partial charge in [-0.1, -0.05) is 6.07 Å². The molecule has 1 saturated carbocycles. The number of amides is 1. The molecular formula is C25H22N4O6. The topological polar surface area (TPSA) is 118 Å². The Kier molecular flexibility index (Phi) is 5.13. The third-order valence-corrected chi connectivity index (χ3v) is 5.95. The van der Waals surface area contributed by atoms with Gasteiger partial charge in [0.15, 0.2) is 29.0 Å². The van der Waals surface area contributed by atoms with Crippen LogP contribution in [0.15, 0.2) is 53.3 Å². The van der Waals surface area contributed by atoms with Crippen molar-refractivity contribution >= 4 is 22.9 Å². The summed E-state index contributed by atoms with van der Waals surface area (Å²) in [6.45, 7) is 2.15. The van der Waals surface area contributed by atoms with Gasteiger partial charge >= 0.3 is 5.97 Å². The average molecular weight is 474 g/mol. The number of carbonyl (C=O) groups is 2. The average Bonchev–Trinajstić information content (AvgIpc) is 3.24. The second kappa shape index (κ2) is 8.46. The highest BCUT2D eigenvalue weighted by Gasteiger charge is 2.28. The zero-order chi connectivity index (χ0) is 23.9. The fraction of sp³-hybridized carbons (Fsp3) is 0.280. The minimum absolute atomic E-state index is 0.177. The van der Waals surface area contributed by atoms with Crippen molar-refractivity contribution in [3.63, 3.8) is 0 Å². The van der Waals surface area contributed by atoms with Gasteiger partial charge < -0.3 is 23.9 Å². The Morgan fingerprint density at radius 2 is 2.06 bits per heavy atom. The van der Waals surface area contributed by atoms with E-state index in [1.54, 1.807) is 36.0 Å². The monoisotopic (exact) mass is 474 g/mol. The number of nitrogens with one attached hydrogen (secondary N) is 1. The molecule has 0 bridgehead atoms. The highest BCUT2D eigenvalue weighted by Crippen LogP contribution is 2.33. The van der Waals surface area contributed by atoms with Crippen LogP contribution in [0.25, 0.3) is 22.5 Å². The number of benzene rings is 1. The molecule has 35 heavy (non-hydrogen) atoms. The second-order valence-corrected chi connectivity index (χ2v) is 8.59. The maximum Gasteiger partial charge on any atom is 0.339 e. The lowest BCUT2D eigenvalue weighted by Gasteiger charge is -2.14. The minimum atomic E-state index is -0.929.